The molecule has 1 N–H and O–H groups in total. The highest BCUT2D eigenvalue weighted by molar-refractivity contribution is 6.30. The van der Waals surface area contributed by atoms with Gasteiger partial charge in [0.2, 0.25) is 0 Å². The van der Waals surface area contributed by atoms with Crippen molar-refractivity contribution in [1.82, 2.24) is 10.2 Å². The standard InChI is InChI=1S/C16H13ClN4/c1-11(12-6-8-14(17)9-7-12)19-21-16-15-5-3-2-4-13(15)10-18-20-16/h2-10H,1H3,(H,20,21). The number of fused-ring (bicyclic) bond motifs is 1. The molecule has 0 bridgehead atoms. The number of rotatable bonds is 3. The van der Waals surface area contributed by atoms with E-state index >= 15 is 0 Å². The Kier molecular flexibility index (Phi) is 3.79. The number of aromatic nitrogens is 2. The summed E-state index contributed by atoms with van der Waals surface area (Å²) in [6.45, 7) is 1.93. The van der Waals surface area contributed by atoms with E-state index in [9.17, 15) is 0 Å². The van der Waals surface area contributed by atoms with Crippen LogP contribution in [0.3, 0.4) is 0 Å². The van der Waals surface area contributed by atoms with Crippen molar-refractivity contribution in [3.8, 4) is 0 Å². The second kappa shape index (κ2) is 5.89. The van der Waals surface area contributed by atoms with E-state index in [-0.39, 0.29) is 0 Å². The van der Waals surface area contributed by atoms with Gasteiger partial charge in [0, 0.05) is 15.8 Å². The fourth-order valence-corrected chi connectivity index (χ4v) is 2.13. The van der Waals surface area contributed by atoms with Crippen molar-refractivity contribution < 1.29 is 0 Å². The zero-order valence-corrected chi connectivity index (χ0v) is 12.2. The summed E-state index contributed by atoms with van der Waals surface area (Å²) < 4.78 is 0. The third-order valence-electron chi connectivity index (χ3n) is 3.16. The van der Waals surface area contributed by atoms with Gasteiger partial charge in [-0.05, 0) is 24.6 Å². The molecular weight excluding hydrogens is 284 g/mol. The molecule has 0 saturated heterocycles. The maximum atomic E-state index is 5.88. The fourth-order valence-electron chi connectivity index (χ4n) is 2.00. The van der Waals surface area contributed by atoms with E-state index in [4.69, 9.17) is 11.6 Å². The van der Waals surface area contributed by atoms with Gasteiger partial charge in [-0.2, -0.15) is 10.2 Å². The van der Waals surface area contributed by atoms with Crippen LogP contribution in [0.5, 0.6) is 0 Å². The summed E-state index contributed by atoms with van der Waals surface area (Å²) in [5.41, 5.74) is 4.83. The molecule has 5 heteroatoms. The van der Waals surface area contributed by atoms with Crippen LogP contribution in [0, 0.1) is 0 Å². The lowest BCUT2D eigenvalue weighted by Crippen LogP contribution is -2.01. The van der Waals surface area contributed by atoms with E-state index in [2.05, 4.69) is 20.7 Å². The molecule has 0 aliphatic carbocycles. The molecule has 21 heavy (non-hydrogen) atoms. The van der Waals surface area contributed by atoms with Crippen molar-refractivity contribution in [3.05, 3.63) is 65.3 Å². The first-order chi connectivity index (χ1) is 10.2. The van der Waals surface area contributed by atoms with E-state index in [0.29, 0.717) is 10.8 Å². The molecule has 0 aliphatic rings. The first-order valence-corrected chi connectivity index (χ1v) is 6.88. The van der Waals surface area contributed by atoms with Crippen molar-refractivity contribution in [1.29, 1.82) is 0 Å². The molecule has 3 rings (SSSR count). The van der Waals surface area contributed by atoms with Crippen LogP contribution in [-0.2, 0) is 0 Å². The second-order valence-electron chi connectivity index (χ2n) is 4.60. The minimum atomic E-state index is 0.640. The van der Waals surface area contributed by atoms with Gasteiger partial charge in [-0.25, -0.2) is 0 Å². The average Bonchev–Trinajstić information content (AvgIpc) is 2.53. The molecule has 3 aromatic rings. The number of anilines is 1. The topological polar surface area (TPSA) is 50.2 Å². The van der Waals surface area contributed by atoms with Crippen molar-refractivity contribution >= 4 is 33.9 Å². The van der Waals surface area contributed by atoms with E-state index in [1.807, 2.05) is 55.5 Å². The zero-order valence-electron chi connectivity index (χ0n) is 11.4. The summed E-state index contributed by atoms with van der Waals surface area (Å²) >= 11 is 5.88. The molecule has 0 amide bonds. The molecule has 2 aromatic carbocycles. The first kappa shape index (κ1) is 13.5. The zero-order chi connectivity index (χ0) is 14.7. The number of benzene rings is 2. The molecule has 0 saturated carbocycles. The van der Waals surface area contributed by atoms with Gasteiger partial charge in [0.1, 0.15) is 0 Å². The van der Waals surface area contributed by atoms with Crippen molar-refractivity contribution in [2.75, 3.05) is 5.43 Å². The van der Waals surface area contributed by atoms with E-state index < -0.39 is 0 Å². The van der Waals surface area contributed by atoms with Crippen LogP contribution >= 0.6 is 11.6 Å². The van der Waals surface area contributed by atoms with Gasteiger partial charge in [0.05, 0.1) is 11.9 Å². The van der Waals surface area contributed by atoms with Crippen molar-refractivity contribution in [2.24, 2.45) is 5.10 Å². The highest BCUT2D eigenvalue weighted by atomic mass is 35.5. The largest absolute Gasteiger partial charge is 0.259 e. The van der Waals surface area contributed by atoms with Gasteiger partial charge < -0.3 is 0 Å². The summed E-state index contributed by atoms with van der Waals surface area (Å²) in [6, 6.07) is 15.4. The van der Waals surface area contributed by atoms with E-state index in [1.165, 1.54) is 0 Å². The Morgan fingerprint density at radius 2 is 1.86 bits per heavy atom. The summed E-state index contributed by atoms with van der Waals surface area (Å²) in [5.74, 6) is 0.640. The second-order valence-corrected chi connectivity index (χ2v) is 5.03. The van der Waals surface area contributed by atoms with Crippen LogP contribution in [0.2, 0.25) is 5.02 Å². The van der Waals surface area contributed by atoms with Crippen LogP contribution in [-0.4, -0.2) is 15.9 Å². The van der Waals surface area contributed by atoms with Crippen LogP contribution in [0.4, 0.5) is 5.82 Å². The molecule has 0 fully saturated rings. The Bertz CT molecular complexity index is 791. The van der Waals surface area contributed by atoms with Crippen LogP contribution < -0.4 is 5.43 Å². The monoisotopic (exact) mass is 296 g/mol. The molecule has 4 nitrogen and oxygen atoms in total. The Morgan fingerprint density at radius 3 is 2.67 bits per heavy atom. The molecule has 0 aliphatic heterocycles. The number of hydrogen-bond acceptors (Lipinski definition) is 4. The minimum Gasteiger partial charge on any atom is -0.259 e. The molecule has 0 atom stereocenters. The van der Waals surface area contributed by atoms with Gasteiger partial charge in [0.15, 0.2) is 5.82 Å². The lowest BCUT2D eigenvalue weighted by Gasteiger charge is -2.05. The molecule has 0 unspecified atom stereocenters. The predicted molar refractivity (Wildman–Crippen MR) is 86.8 cm³/mol. The van der Waals surface area contributed by atoms with E-state index in [0.717, 1.165) is 22.0 Å². The number of nitrogens with zero attached hydrogens (tertiary/aromatic N) is 3. The number of nitrogens with one attached hydrogen (secondary N) is 1. The SMILES string of the molecule is CC(=NNc1nncc2ccccc12)c1ccc(Cl)cc1. The molecule has 104 valence electrons. The lowest BCUT2D eigenvalue weighted by atomic mass is 10.1. The van der Waals surface area contributed by atoms with Crippen molar-refractivity contribution in [2.45, 2.75) is 6.92 Å². The van der Waals surface area contributed by atoms with Gasteiger partial charge in [-0.15, -0.1) is 5.10 Å². The third kappa shape index (κ3) is 3.01. The molecule has 0 spiro atoms. The highest BCUT2D eigenvalue weighted by Gasteiger charge is 2.02. The Labute approximate surface area is 127 Å². The molecular formula is C16H13ClN4. The van der Waals surface area contributed by atoms with Crippen LogP contribution in [0.25, 0.3) is 10.8 Å². The van der Waals surface area contributed by atoms with Crippen LogP contribution in [0.1, 0.15) is 12.5 Å². The maximum Gasteiger partial charge on any atom is 0.176 e. The Morgan fingerprint density at radius 1 is 1.10 bits per heavy atom. The number of halogens is 1. The lowest BCUT2D eigenvalue weighted by molar-refractivity contribution is 1.04. The normalized spacial score (nSPS) is 11.6. The average molecular weight is 297 g/mol. The first-order valence-electron chi connectivity index (χ1n) is 6.51. The molecule has 0 radical (unpaired) electrons. The van der Waals surface area contributed by atoms with E-state index in [1.54, 1.807) is 6.20 Å². The number of hydrazone groups is 1. The van der Waals surface area contributed by atoms with Crippen LogP contribution in [0.15, 0.2) is 59.8 Å². The minimum absolute atomic E-state index is 0.640. The Balaban J connectivity index is 1.88. The molecule has 1 heterocycles. The quantitative estimate of drug-likeness (QED) is 0.584. The van der Waals surface area contributed by atoms with Gasteiger partial charge in [-0.3, -0.25) is 5.43 Å². The van der Waals surface area contributed by atoms with Gasteiger partial charge in [-0.1, -0.05) is 48.0 Å². The third-order valence-corrected chi connectivity index (χ3v) is 3.41. The summed E-state index contributed by atoms with van der Waals surface area (Å²) in [4.78, 5) is 0. The summed E-state index contributed by atoms with van der Waals surface area (Å²) in [6.07, 6.45) is 1.73. The van der Waals surface area contributed by atoms with Gasteiger partial charge >= 0.3 is 0 Å². The van der Waals surface area contributed by atoms with Crippen molar-refractivity contribution in [3.63, 3.8) is 0 Å². The fraction of sp³-hybridized carbons (Fsp3) is 0.0625. The smallest absolute Gasteiger partial charge is 0.176 e. The summed E-state index contributed by atoms with van der Waals surface area (Å²) in [7, 11) is 0. The molecule has 1 aromatic heterocycles. The maximum absolute atomic E-state index is 5.88. The summed E-state index contributed by atoms with van der Waals surface area (Å²) in [5, 5.41) is 15.2. The predicted octanol–water partition coefficient (Wildman–Crippen LogP) is 4.12. The highest BCUT2D eigenvalue weighted by Crippen LogP contribution is 2.19. The van der Waals surface area contributed by atoms with Gasteiger partial charge in [0.25, 0.3) is 0 Å². The number of hydrogen-bond donors (Lipinski definition) is 1. The Hall–Kier alpha value is -2.46.